The van der Waals surface area contributed by atoms with Gasteiger partial charge < -0.3 is 15.5 Å². The van der Waals surface area contributed by atoms with E-state index in [-0.39, 0.29) is 18.4 Å². The maximum atomic E-state index is 12.8. The SMILES string of the molecule is CCN(C(=O)c1ccc(NCC(=O)NC2CCCCC2)cc1)c1ccccc1. The molecule has 2 aromatic carbocycles. The lowest BCUT2D eigenvalue weighted by molar-refractivity contribution is -0.120. The number of hydrogen-bond donors (Lipinski definition) is 2. The second kappa shape index (κ2) is 9.93. The van der Waals surface area contributed by atoms with E-state index in [4.69, 9.17) is 0 Å². The normalized spacial score (nSPS) is 14.3. The van der Waals surface area contributed by atoms with Gasteiger partial charge in [-0.15, -0.1) is 0 Å². The number of benzene rings is 2. The van der Waals surface area contributed by atoms with Crippen LogP contribution in [0.4, 0.5) is 11.4 Å². The lowest BCUT2D eigenvalue weighted by atomic mass is 9.95. The molecule has 5 heteroatoms. The Hall–Kier alpha value is -2.82. The third kappa shape index (κ3) is 5.35. The second-order valence-electron chi connectivity index (χ2n) is 7.22. The third-order valence-electron chi connectivity index (χ3n) is 5.18. The first-order valence-corrected chi connectivity index (χ1v) is 10.2. The Labute approximate surface area is 167 Å². The van der Waals surface area contributed by atoms with Crippen LogP contribution in [0.25, 0.3) is 0 Å². The summed E-state index contributed by atoms with van der Waals surface area (Å²) in [5.74, 6) is -0.0106. The van der Waals surface area contributed by atoms with Crippen molar-refractivity contribution in [1.29, 1.82) is 0 Å². The number of carbonyl (C=O) groups excluding carboxylic acids is 2. The van der Waals surface area contributed by atoms with Crippen molar-refractivity contribution in [2.45, 2.75) is 45.1 Å². The van der Waals surface area contributed by atoms with E-state index in [2.05, 4.69) is 10.6 Å². The van der Waals surface area contributed by atoms with Gasteiger partial charge in [0.15, 0.2) is 0 Å². The van der Waals surface area contributed by atoms with E-state index in [1.807, 2.05) is 49.4 Å². The molecular formula is C23H29N3O2. The molecule has 0 saturated heterocycles. The quantitative estimate of drug-likeness (QED) is 0.757. The van der Waals surface area contributed by atoms with Gasteiger partial charge >= 0.3 is 0 Å². The zero-order valence-corrected chi connectivity index (χ0v) is 16.5. The molecule has 1 aliphatic carbocycles. The zero-order chi connectivity index (χ0) is 19.8. The van der Waals surface area contributed by atoms with Crippen LogP contribution in [-0.2, 0) is 4.79 Å². The molecule has 148 valence electrons. The molecule has 0 unspecified atom stereocenters. The number of amides is 2. The minimum Gasteiger partial charge on any atom is -0.376 e. The van der Waals surface area contributed by atoms with Crippen molar-refractivity contribution in [3.8, 4) is 0 Å². The van der Waals surface area contributed by atoms with Crippen molar-refractivity contribution >= 4 is 23.2 Å². The van der Waals surface area contributed by atoms with Crippen molar-refractivity contribution < 1.29 is 9.59 Å². The Balaban J connectivity index is 1.54. The Morgan fingerprint density at radius 2 is 1.64 bits per heavy atom. The first-order chi connectivity index (χ1) is 13.7. The lowest BCUT2D eigenvalue weighted by Gasteiger charge is -2.23. The molecule has 28 heavy (non-hydrogen) atoms. The molecule has 0 aliphatic heterocycles. The van der Waals surface area contributed by atoms with E-state index in [0.717, 1.165) is 24.2 Å². The highest BCUT2D eigenvalue weighted by atomic mass is 16.2. The lowest BCUT2D eigenvalue weighted by Crippen LogP contribution is -2.39. The van der Waals surface area contributed by atoms with Crippen molar-refractivity contribution in [1.82, 2.24) is 5.32 Å². The zero-order valence-electron chi connectivity index (χ0n) is 16.5. The maximum absolute atomic E-state index is 12.8. The molecule has 0 spiro atoms. The van der Waals surface area contributed by atoms with Gasteiger partial charge in [0, 0.05) is 29.5 Å². The van der Waals surface area contributed by atoms with Gasteiger partial charge in [-0.3, -0.25) is 9.59 Å². The highest BCUT2D eigenvalue weighted by Gasteiger charge is 2.17. The second-order valence-corrected chi connectivity index (χ2v) is 7.22. The highest BCUT2D eigenvalue weighted by molar-refractivity contribution is 6.06. The molecule has 0 radical (unpaired) electrons. The van der Waals surface area contributed by atoms with Crippen molar-refractivity contribution in [2.75, 3.05) is 23.3 Å². The van der Waals surface area contributed by atoms with Gasteiger partial charge in [-0.1, -0.05) is 37.5 Å². The van der Waals surface area contributed by atoms with E-state index in [9.17, 15) is 9.59 Å². The van der Waals surface area contributed by atoms with E-state index >= 15 is 0 Å². The monoisotopic (exact) mass is 379 g/mol. The molecular weight excluding hydrogens is 350 g/mol. The van der Waals surface area contributed by atoms with Gasteiger partial charge in [0.2, 0.25) is 5.91 Å². The minimum absolute atomic E-state index is 0.0216. The Morgan fingerprint density at radius 3 is 2.29 bits per heavy atom. The molecule has 2 aromatic rings. The molecule has 0 bridgehead atoms. The number of nitrogens with zero attached hydrogens (tertiary/aromatic N) is 1. The predicted octanol–water partition coefficient (Wildman–Crippen LogP) is 4.21. The fraction of sp³-hybridized carbons (Fsp3) is 0.391. The van der Waals surface area contributed by atoms with Crippen LogP contribution in [0.1, 0.15) is 49.4 Å². The summed E-state index contributed by atoms with van der Waals surface area (Å²) in [5, 5.41) is 6.24. The van der Waals surface area contributed by atoms with Crippen LogP contribution >= 0.6 is 0 Å². The van der Waals surface area contributed by atoms with Gasteiger partial charge in [0.05, 0.1) is 6.54 Å². The fourth-order valence-electron chi connectivity index (χ4n) is 3.65. The summed E-state index contributed by atoms with van der Waals surface area (Å²) in [5.41, 5.74) is 2.34. The first kappa shape index (κ1) is 19.9. The van der Waals surface area contributed by atoms with Crippen LogP contribution < -0.4 is 15.5 Å². The van der Waals surface area contributed by atoms with Crippen molar-refractivity contribution in [3.05, 3.63) is 60.2 Å². The van der Waals surface area contributed by atoms with E-state index in [1.54, 1.807) is 17.0 Å². The van der Waals surface area contributed by atoms with Crippen LogP contribution in [0.2, 0.25) is 0 Å². The van der Waals surface area contributed by atoms with Crippen LogP contribution in [0.3, 0.4) is 0 Å². The summed E-state index contributed by atoms with van der Waals surface area (Å²) in [7, 11) is 0. The van der Waals surface area contributed by atoms with E-state index in [1.165, 1.54) is 19.3 Å². The van der Waals surface area contributed by atoms with Crippen molar-refractivity contribution in [3.63, 3.8) is 0 Å². The smallest absolute Gasteiger partial charge is 0.258 e. The van der Waals surface area contributed by atoms with Gasteiger partial charge in [-0.2, -0.15) is 0 Å². The molecule has 3 rings (SSSR count). The minimum atomic E-state index is -0.0321. The van der Waals surface area contributed by atoms with Crippen molar-refractivity contribution in [2.24, 2.45) is 0 Å². The third-order valence-corrected chi connectivity index (χ3v) is 5.18. The maximum Gasteiger partial charge on any atom is 0.258 e. The Morgan fingerprint density at radius 1 is 0.964 bits per heavy atom. The standard InChI is InChI=1S/C23H29N3O2/c1-2-26(21-11-7-4-8-12-21)23(28)18-13-15-19(16-14-18)24-17-22(27)25-20-9-5-3-6-10-20/h4,7-8,11-16,20,24H,2-3,5-6,9-10,17H2,1H3,(H,25,27). The summed E-state index contributed by atoms with van der Waals surface area (Å²) in [6.07, 6.45) is 5.84. The van der Waals surface area contributed by atoms with Crippen LogP contribution in [0.5, 0.6) is 0 Å². The molecule has 0 atom stereocenters. The number of para-hydroxylation sites is 1. The Bertz CT molecular complexity index is 768. The molecule has 1 fully saturated rings. The Kier molecular flexibility index (Phi) is 7.06. The number of anilines is 2. The molecule has 2 amide bonds. The molecule has 2 N–H and O–H groups in total. The van der Waals surface area contributed by atoms with Gasteiger partial charge in [0.25, 0.3) is 5.91 Å². The van der Waals surface area contributed by atoms with Crippen LogP contribution in [-0.4, -0.2) is 30.9 Å². The van der Waals surface area contributed by atoms with Gasteiger partial charge in [-0.05, 0) is 56.2 Å². The largest absolute Gasteiger partial charge is 0.376 e. The number of carbonyl (C=O) groups is 2. The van der Waals surface area contributed by atoms with E-state index in [0.29, 0.717) is 18.2 Å². The predicted molar refractivity (Wildman–Crippen MR) is 114 cm³/mol. The average Bonchev–Trinajstić information content (AvgIpc) is 2.74. The van der Waals surface area contributed by atoms with Gasteiger partial charge in [0.1, 0.15) is 0 Å². The fourth-order valence-corrected chi connectivity index (χ4v) is 3.65. The number of hydrogen-bond acceptors (Lipinski definition) is 3. The summed E-state index contributed by atoms with van der Waals surface area (Å²) in [6.45, 7) is 2.81. The summed E-state index contributed by atoms with van der Waals surface area (Å²) < 4.78 is 0. The summed E-state index contributed by atoms with van der Waals surface area (Å²) >= 11 is 0. The van der Waals surface area contributed by atoms with E-state index < -0.39 is 0 Å². The molecule has 1 aliphatic rings. The molecule has 5 nitrogen and oxygen atoms in total. The average molecular weight is 380 g/mol. The number of nitrogens with one attached hydrogen (secondary N) is 2. The highest BCUT2D eigenvalue weighted by Crippen LogP contribution is 2.19. The molecule has 0 aromatic heterocycles. The van der Waals surface area contributed by atoms with Crippen LogP contribution in [0, 0.1) is 0 Å². The molecule has 1 saturated carbocycles. The number of rotatable bonds is 7. The first-order valence-electron chi connectivity index (χ1n) is 10.2. The summed E-state index contributed by atoms with van der Waals surface area (Å²) in [6, 6.07) is 17.3. The summed E-state index contributed by atoms with van der Waals surface area (Å²) in [4.78, 5) is 26.7. The molecule has 0 heterocycles. The van der Waals surface area contributed by atoms with Gasteiger partial charge in [-0.25, -0.2) is 0 Å². The topological polar surface area (TPSA) is 61.4 Å². The van der Waals surface area contributed by atoms with Crippen LogP contribution in [0.15, 0.2) is 54.6 Å².